The van der Waals surface area contributed by atoms with Crippen molar-refractivity contribution in [2.75, 3.05) is 14.2 Å². The first kappa shape index (κ1) is 14.0. The summed E-state index contributed by atoms with van der Waals surface area (Å²) in [5, 5.41) is 0.935. The van der Waals surface area contributed by atoms with Crippen LogP contribution in [0, 0.1) is 12.8 Å². The van der Waals surface area contributed by atoms with E-state index in [4.69, 9.17) is 9.15 Å². The molecule has 4 nitrogen and oxygen atoms in total. The van der Waals surface area contributed by atoms with Crippen molar-refractivity contribution in [1.29, 1.82) is 0 Å². The normalized spacial score (nSPS) is 16.0. The van der Waals surface area contributed by atoms with Crippen LogP contribution in [0.5, 0.6) is 5.75 Å². The number of carbonyl (C=O) groups excluding carboxylic acids is 1. The molecule has 0 saturated heterocycles. The van der Waals surface area contributed by atoms with Crippen LogP contribution in [0.25, 0.3) is 11.0 Å². The van der Waals surface area contributed by atoms with Crippen LogP contribution in [0.2, 0.25) is 0 Å². The molecule has 1 unspecified atom stereocenters. The highest BCUT2D eigenvalue weighted by molar-refractivity contribution is 5.99. The van der Waals surface area contributed by atoms with Crippen LogP contribution in [0.4, 0.5) is 0 Å². The van der Waals surface area contributed by atoms with Crippen LogP contribution in [0.15, 0.2) is 22.6 Å². The molecule has 1 heterocycles. The molecule has 1 aromatic carbocycles. The number of rotatable bonds is 4. The summed E-state index contributed by atoms with van der Waals surface area (Å²) in [5.74, 6) is 1.81. The fourth-order valence-corrected chi connectivity index (χ4v) is 2.77. The summed E-state index contributed by atoms with van der Waals surface area (Å²) in [6.45, 7) is 4.03. The van der Waals surface area contributed by atoms with Gasteiger partial charge in [-0.3, -0.25) is 4.79 Å². The number of aryl methyl sites for hydroxylation is 1. The lowest BCUT2D eigenvalue weighted by atomic mass is 10.1. The predicted molar refractivity (Wildman–Crippen MR) is 81.8 cm³/mol. The van der Waals surface area contributed by atoms with Gasteiger partial charge < -0.3 is 14.1 Å². The standard InChI is InChI=1S/C17H21NO3/c1-10-14-9-13(20-4)7-8-15(14)21-16(10)17(19)18(3)11(2)12-5-6-12/h7-9,11-12H,5-6H2,1-4H3. The average Bonchev–Trinajstić information content (AvgIpc) is 3.30. The lowest BCUT2D eigenvalue weighted by Gasteiger charge is -2.24. The van der Waals surface area contributed by atoms with Gasteiger partial charge in [-0.15, -0.1) is 0 Å². The second-order valence-corrected chi connectivity index (χ2v) is 5.91. The Morgan fingerprint density at radius 1 is 1.43 bits per heavy atom. The van der Waals surface area contributed by atoms with Gasteiger partial charge in [0.15, 0.2) is 5.76 Å². The SMILES string of the molecule is COc1ccc2oc(C(=O)N(C)C(C)C3CC3)c(C)c2c1. The Labute approximate surface area is 124 Å². The summed E-state index contributed by atoms with van der Waals surface area (Å²) in [7, 11) is 3.49. The van der Waals surface area contributed by atoms with E-state index in [2.05, 4.69) is 6.92 Å². The second kappa shape index (κ2) is 5.10. The van der Waals surface area contributed by atoms with E-state index in [-0.39, 0.29) is 11.9 Å². The van der Waals surface area contributed by atoms with E-state index in [9.17, 15) is 4.79 Å². The van der Waals surface area contributed by atoms with Gasteiger partial charge in [-0.2, -0.15) is 0 Å². The number of amides is 1. The highest BCUT2D eigenvalue weighted by atomic mass is 16.5. The van der Waals surface area contributed by atoms with Gasteiger partial charge in [-0.1, -0.05) is 0 Å². The van der Waals surface area contributed by atoms with Crippen LogP contribution in [0.1, 0.15) is 35.9 Å². The van der Waals surface area contributed by atoms with E-state index in [0.717, 1.165) is 22.3 Å². The van der Waals surface area contributed by atoms with Gasteiger partial charge in [-0.25, -0.2) is 0 Å². The number of furan rings is 1. The molecule has 4 heteroatoms. The second-order valence-electron chi connectivity index (χ2n) is 5.91. The first-order valence-electron chi connectivity index (χ1n) is 7.37. The number of carbonyl (C=O) groups is 1. The summed E-state index contributed by atoms with van der Waals surface area (Å²) in [4.78, 5) is 14.5. The zero-order valence-electron chi connectivity index (χ0n) is 13.0. The van der Waals surface area contributed by atoms with Gasteiger partial charge >= 0.3 is 0 Å². The van der Waals surface area contributed by atoms with E-state index in [1.54, 1.807) is 12.0 Å². The fraction of sp³-hybridized carbons (Fsp3) is 0.471. The molecule has 1 atom stereocenters. The monoisotopic (exact) mass is 287 g/mol. The Morgan fingerprint density at radius 2 is 2.14 bits per heavy atom. The van der Waals surface area contributed by atoms with Crippen LogP contribution in [0.3, 0.4) is 0 Å². The minimum atomic E-state index is -0.0398. The molecular formula is C17H21NO3. The van der Waals surface area contributed by atoms with Crippen molar-refractivity contribution in [1.82, 2.24) is 4.90 Å². The summed E-state index contributed by atoms with van der Waals surface area (Å²) < 4.78 is 11.0. The molecule has 1 fully saturated rings. The van der Waals surface area contributed by atoms with Crippen molar-refractivity contribution in [3.63, 3.8) is 0 Å². The topological polar surface area (TPSA) is 42.7 Å². The highest BCUT2D eigenvalue weighted by Gasteiger charge is 2.34. The maximum absolute atomic E-state index is 12.7. The number of ether oxygens (including phenoxy) is 1. The zero-order valence-corrected chi connectivity index (χ0v) is 13.0. The van der Waals surface area contributed by atoms with E-state index in [0.29, 0.717) is 11.7 Å². The molecule has 1 amide bonds. The lowest BCUT2D eigenvalue weighted by molar-refractivity contribution is 0.0696. The van der Waals surface area contributed by atoms with Gasteiger partial charge in [0.05, 0.1) is 7.11 Å². The molecule has 0 aliphatic heterocycles. The van der Waals surface area contributed by atoms with Crippen molar-refractivity contribution < 1.29 is 13.9 Å². The number of nitrogens with zero attached hydrogens (tertiary/aromatic N) is 1. The summed E-state index contributed by atoms with van der Waals surface area (Å²) >= 11 is 0. The third kappa shape index (κ3) is 2.39. The summed E-state index contributed by atoms with van der Waals surface area (Å²) in [6, 6.07) is 5.87. The van der Waals surface area contributed by atoms with Crippen molar-refractivity contribution in [3.05, 3.63) is 29.5 Å². The molecule has 1 aliphatic carbocycles. The molecule has 0 N–H and O–H groups in total. The van der Waals surface area contributed by atoms with Gasteiger partial charge in [0.1, 0.15) is 11.3 Å². The Balaban J connectivity index is 1.95. The zero-order chi connectivity index (χ0) is 15.1. The van der Waals surface area contributed by atoms with Crippen molar-refractivity contribution in [2.45, 2.75) is 32.7 Å². The maximum Gasteiger partial charge on any atom is 0.289 e. The molecule has 0 radical (unpaired) electrons. The molecule has 112 valence electrons. The van der Waals surface area contributed by atoms with E-state index in [1.165, 1.54) is 12.8 Å². The smallest absolute Gasteiger partial charge is 0.289 e. The van der Waals surface area contributed by atoms with Crippen LogP contribution >= 0.6 is 0 Å². The maximum atomic E-state index is 12.7. The van der Waals surface area contributed by atoms with Gasteiger partial charge in [0.25, 0.3) is 5.91 Å². The Hall–Kier alpha value is -1.97. The average molecular weight is 287 g/mol. The molecule has 0 spiro atoms. The van der Waals surface area contributed by atoms with E-state index >= 15 is 0 Å². The molecule has 1 aromatic heterocycles. The molecular weight excluding hydrogens is 266 g/mol. The van der Waals surface area contributed by atoms with Crippen LogP contribution < -0.4 is 4.74 Å². The summed E-state index contributed by atoms with van der Waals surface area (Å²) in [5.41, 5.74) is 1.60. The minimum Gasteiger partial charge on any atom is -0.497 e. The summed E-state index contributed by atoms with van der Waals surface area (Å²) in [6.07, 6.45) is 2.43. The Morgan fingerprint density at radius 3 is 2.76 bits per heavy atom. The largest absolute Gasteiger partial charge is 0.497 e. The van der Waals surface area contributed by atoms with Gasteiger partial charge in [0, 0.05) is 24.0 Å². The minimum absolute atomic E-state index is 0.0398. The molecule has 21 heavy (non-hydrogen) atoms. The highest BCUT2D eigenvalue weighted by Crippen LogP contribution is 2.36. The molecule has 2 aromatic rings. The van der Waals surface area contributed by atoms with Crippen molar-refractivity contribution in [2.24, 2.45) is 5.92 Å². The number of hydrogen-bond donors (Lipinski definition) is 0. The molecule has 0 bridgehead atoms. The fourth-order valence-electron chi connectivity index (χ4n) is 2.77. The van der Waals surface area contributed by atoms with Gasteiger partial charge in [0.2, 0.25) is 0 Å². The van der Waals surface area contributed by atoms with Gasteiger partial charge in [-0.05, 0) is 50.8 Å². The van der Waals surface area contributed by atoms with E-state index in [1.807, 2.05) is 32.2 Å². The number of benzene rings is 1. The first-order valence-corrected chi connectivity index (χ1v) is 7.37. The first-order chi connectivity index (χ1) is 10.0. The number of hydrogen-bond acceptors (Lipinski definition) is 3. The third-order valence-electron chi connectivity index (χ3n) is 4.57. The lowest BCUT2D eigenvalue weighted by Crippen LogP contribution is -2.36. The van der Waals surface area contributed by atoms with Crippen LogP contribution in [-0.4, -0.2) is 31.0 Å². The predicted octanol–water partition coefficient (Wildman–Crippen LogP) is 3.62. The van der Waals surface area contributed by atoms with Crippen molar-refractivity contribution >= 4 is 16.9 Å². The van der Waals surface area contributed by atoms with Crippen LogP contribution in [-0.2, 0) is 0 Å². The molecule has 1 aliphatic rings. The number of methoxy groups -OCH3 is 1. The molecule has 3 rings (SSSR count). The number of fused-ring (bicyclic) bond motifs is 1. The Bertz CT molecular complexity index is 685. The molecule has 1 saturated carbocycles. The quantitative estimate of drug-likeness (QED) is 0.862. The Kier molecular flexibility index (Phi) is 3.40. The van der Waals surface area contributed by atoms with Crippen molar-refractivity contribution in [3.8, 4) is 5.75 Å². The van der Waals surface area contributed by atoms with E-state index < -0.39 is 0 Å². The third-order valence-corrected chi connectivity index (χ3v) is 4.57.